The molecule has 0 amide bonds. The molecule has 0 radical (unpaired) electrons. The number of aromatic amines is 1. The Morgan fingerprint density at radius 3 is 2.85 bits per heavy atom. The molecule has 1 aliphatic rings. The molecular weight excluding hydrogens is 250 g/mol. The Morgan fingerprint density at radius 1 is 1.40 bits per heavy atom. The second kappa shape index (κ2) is 5.36. The molecule has 1 heterocycles. The molecular formula is C15H19N5. The summed E-state index contributed by atoms with van der Waals surface area (Å²) in [5.41, 5.74) is 8.09. The maximum atomic E-state index is 5.96. The first-order valence-electron chi connectivity index (χ1n) is 6.86. The van der Waals surface area contributed by atoms with Gasteiger partial charge in [-0.2, -0.15) is 0 Å². The van der Waals surface area contributed by atoms with Gasteiger partial charge in [0.2, 0.25) is 0 Å². The van der Waals surface area contributed by atoms with E-state index in [-0.39, 0.29) is 0 Å². The van der Waals surface area contributed by atoms with Crippen LogP contribution in [0.2, 0.25) is 0 Å². The van der Waals surface area contributed by atoms with Crippen LogP contribution >= 0.6 is 0 Å². The summed E-state index contributed by atoms with van der Waals surface area (Å²) in [5, 5.41) is 0. The quantitative estimate of drug-likeness (QED) is 0.658. The molecule has 0 saturated heterocycles. The molecule has 3 rings (SSSR count). The molecule has 2 aromatic rings. The van der Waals surface area contributed by atoms with E-state index in [1.54, 1.807) is 0 Å². The highest BCUT2D eigenvalue weighted by molar-refractivity contribution is 5.78. The largest absolute Gasteiger partial charge is 0.370 e. The van der Waals surface area contributed by atoms with Crippen molar-refractivity contribution in [3.8, 4) is 11.3 Å². The smallest absolute Gasteiger partial charge is 0.191 e. The van der Waals surface area contributed by atoms with Gasteiger partial charge in [-0.25, -0.2) is 9.98 Å². The van der Waals surface area contributed by atoms with Crippen molar-refractivity contribution in [3.63, 3.8) is 0 Å². The van der Waals surface area contributed by atoms with Gasteiger partial charge in [-0.1, -0.05) is 30.3 Å². The Kier molecular flexibility index (Phi) is 3.41. The molecule has 3 N–H and O–H groups in total. The zero-order chi connectivity index (χ0) is 13.9. The second-order valence-electron chi connectivity index (χ2n) is 5.13. The van der Waals surface area contributed by atoms with Crippen molar-refractivity contribution in [2.45, 2.75) is 25.4 Å². The van der Waals surface area contributed by atoms with Gasteiger partial charge in [-0.3, -0.25) is 0 Å². The summed E-state index contributed by atoms with van der Waals surface area (Å²) in [7, 11) is 1.99. The highest BCUT2D eigenvalue weighted by Crippen LogP contribution is 2.25. The van der Waals surface area contributed by atoms with Gasteiger partial charge in [-0.15, -0.1) is 0 Å². The monoisotopic (exact) mass is 269 g/mol. The number of imidazole rings is 1. The number of rotatable bonds is 4. The van der Waals surface area contributed by atoms with Crippen molar-refractivity contribution in [1.82, 2.24) is 14.9 Å². The van der Waals surface area contributed by atoms with E-state index in [0.717, 1.165) is 17.1 Å². The van der Waals surface area contributed by atoms with E-state index >= 15 is 0 Å². The first-order chi connectivity index (χ1) is 9.74. The normalized spacial score (nSPS) is 15.3. The van der Waals surface area contributed by atoms with E-state index in [1.165, 1.54) is 12.8 Å². The van der Waals surface area contributed by atoms with E-state index in [0.29, 0.717) is 18.5 Å². The Hall–Kier alpha value is -2.30. The Bertz CT molecular complexity index is 598. The molecule has 1 aromatic carbocycles. The standard InChI is InChI=1S/C15H19N5/c1-20(12-7-8-12)15(16)18-10-14-17-9-13(19-14)11-5-3-2-4-6-11/h2-6,9,12H,7-8,10H2,1H3,(H2,16,18)(H,17,19). The number of H-pyrrole nitrogens is 1. The molecule has 0 atom stereocenters. The third-order valence-corrected chi connectivity index (χ3v) is 3.56. The van der Waals surface area contributed by atoms with Crippen LogP contribution in [-0.4, -0.2) is 33.9 Å². The lowest BCUT2D eigenvalue weighted by Crippen LogP contribution is -2.35. The third-order valence-electron chi connectivity index (χ3n) is 3.56. The molecule has 0 bridgehead atoms. The molecule has 1 saturated carbocycles. The van der Waals surface area contributed by atoms with Gasteiger partial charge < -0.3 is 15.6 Å². The van der Waals surface area contributed by atoms with Crippen LogP contribution in [0.4, 0.5) is 0 Å². The fourth-order valence-electron chi connectivity index (χ4n) is 2.12. The van der Waals surface area contributed by atoms with Crippen LogP contribution in [0.15, 0.2) is 41.5 Å². The van der Waals surface area contributed by atoms with Crippen LogP contribution < -0.4 is 5.73 Å². The average Bonchev–Trinajstić information content (AvgIpc) is 3.23. The first-order valence-corrected chi connectivity index (χ1v) is 6.86. The van der Waals surface area contributed by atoms with Gasteiger partial charge in [0.05, 0.1) is 11.9 Å². The van der Waals surface area contributed by atoms with Crippen molar-refractivity contribution in [1.29, 1.82) is 0 Å². The topological polar surface area (TPSA) is 70.3 Å². The summed E-state index contributed by atoms with van der Waals surface area (Å²) in [4.78, 5) is 14.1. The number of hydrogen-bond acceptors (Lipinski definition) is 2. The van der Waals surface area contributed by atoms with E-state index in [9.17, 15) is 0 Å². The molecule has 1 aromatic heterocycles. The highest BCUT2D eigenvalue weighted by Gasteiger charge is 2.27. The van der Waals surface area contributed by atoms with Crippen molar-refractivity contribution in [3.05, 3.63) is 42.4 Å². The van der Waals surface area contributed by atoms with Gasteiger partial charge in [0, 0.05) is 13.1 Å². The number of guanidine groups is 1. The fourth-order valence-corrected chi connectivity index (χ4v) is 2.12. The van der Waals surface area contributed by atoms with Gasteiger partial charge in [0.25, 0.3) is 0 Å². The van der Waals surface area contributed by atoms with E-state index in [4.69, 9.17) is 5.73 Å². The van der Waals surface area contributed by atoms with Gasteiger partial charge in [0.15, 0.2) is 5.96 Å². The number of aliphatic imine (C=N–C) groups is 1. The van der Waals surface area contributed by atoms with Crippen LogP contribution in [0.3, 0.4) is 0 Å². The Labute approximate surface area is 118 Å². The first kappa shape index (κ1) is 12.7. The zero-order valence-electron chi connectivity index (χ0n) is 11.6. The Morgan fingerprint density at radius 2 is 2.15 bits per heavy atom. The minimum Gasteiger partial charge on any atom is -0.370 e. The van der Waals surface area contributed by atoms with Gasteiger partial charge in [-0.05, 0) is 18.4 Å². The fraction of sp³-hybridized carbons (Fsp3) is 0.333. The number of hydrogen-bond donors (Lipinski definition) is 2. The lowest BCUT2D eigenvalue weighted by atomic mass is 10.2. The maximum absolute atomic E-state index is 5.96. The molecule has 5 nitrogen and oxygen atoms in total. The minimum atomic E-state index is 0.482. The predicted octanol–water partition coefficient (Wildman–Crippen LogP) is 1.99. The minimum absolute atomic E-state index is 0.482. The van der Waals surface area contributed by atoms with Crippen molar-refractivity contribution >= 4 is 5.96 Å². The third kappa shape index (κ3) is 2.82. The molecule has 1 fully saturated rings. The number of benzene rings is 1. The average molecular weight is 269 g/mol. The van der Waals surface area contributed by atoms with Crippen molar-refractivity contribution in [2.75, 3.05) is 7.05 Å². The lowest BCUT2D eigenvalue weighted by molar-refractivity contribution is 0.487. The van der Waals surface area contributed by atoms with Crippen LogP contribution in [0, 0.1) is 0 Å². The number of nitrogens with zero attached hydrogens (tertiary/aromatic N) is 3. The lowest BCUT2D eigenvalue weighted by Gasteiger charge is -2.16. The van der Waals surface area contributed by atoms with Crippen molar-refractivity contribution in [2.24, 2.45) is 10.7 Å². The summed E-state index contributed by atoms with van der Waals surface area (Å²) < 4.78 is 0. The predicted molar refractivity (Wildman–Crippen MR) is 80.1 cm³/mol. The highest BCUT2D eigenvalue weighted by atomic mass is 15.3. The van der Waals surface area contributed by atoms with E-state index < -0.39 is 0 Å². The van der Waals surface area contributed by atoms with Crippen LogP contribution in [-0.2, 0) is 6.54 Å². The zero-order valence-corrected chi connectivity index (χ0v) is 11.6. The van der Waals surface area contributed by atoms with Gasteiger partial charge in [0.1, 0.15) is 12.4 Å². The van der Waals surface area contributed by atoms with Crippen LogP contribution in [0.1, 0.15) is 18.7 Å². The summed E-state index contributed by atoms with van der Waals surface area (Å²) in [6.45, 7) is 0.482. The van der Waals surface area contributed by atoms with Crippen LogP contribution in [0.5, 0.6) is 0 Å². The van der Waals surface area contributed by atoms with Crippen LogP contribution in [0.25, 0.3) is 11.3 Å². The number of aromatic nitrogens is 2. The summed E-state index contributed by atoms with van der Waals surface area (Å²) in [5.74, 6) is 1.42. The molecule has 5 heteroatoms. The molecule has 0 unspecified atom stereocenters. The number of nitrogens with two attached hydrogens (primary N) is 1. The summed E-state index contributed by atoms with van der Waals surface area (Å²) in [6, 6.07) is 10.7. The van der Waals surface area contributed by atoms with Crippen molar-refractivity contribution < 1.29 is 0 Å². The van der Waals surface area contributed by atoms with E-state index in [2.05, 4.69) is 27.1 Å². The SMILES string of the molecule is CN(C(N)=NCc1ncc(-c2ccccc2)[nH]1)C1CC1. The summed E-state index contributed by atoms with van der Waals surface area (Å²) in [6.07, 6.45) is 4.26. The molecule has 0 spiro atoms. The van der Waals surface area contributed by atoms with E-state index in [1.807, 2.05) is 36.3 Å². The summed E-state index contributed by atoms with van der Waals surface area (Å²) >= 11 is 0. The number of nitrogens with one attached hydrogen (secondary N) is 1. The van der Waals surface area contributed by atoms with Gasteiger partial charge >= 0.3 is 0 Å². The molecule has 104 valence electrons. The second-order valence-corrected chi connectivity index (χ2v) is 5.13. The maximum Gasteiger partial charge on any atom is 0.191 e. The molecule has 1 aliphatic carbocycles. The molecule has 0 aliphatic heterocycles. The Balaban J connectivity index is 1.67. The molecule has 20 heavy (non-hydrogen) atoms.